The maximum Gasteiger partial charge on any atom is 0.244 e. The van der Waals surface area contributed by atoms with E-state index >= 15 is 0 Å². The first-order valence-electron chi connectivity index (χ1n) is 8.54. The van der Waals surface area contributed by atoms with Crippen LogP contribution >= 0.6 is 0 Å². The van der Waals surface area contributed by atoms with E-state index in [1.54, 1.807) is 11.1 Å². The smallest absolute Gasteiger partial charge is 0.244 e. The number of aryl methyl sites for hydroxylation is 1. The van der Waals surface area contributed by atoms with Gasteiger partial charge in [0, 0.05) is 19.4 Å². The highest BCUT2D eigenvalue weighted by atomic mass is 16.2. The highest BCUT2D eigenvalue weighted by Crippen LogP contribution is 2.32. The summed E-state index contributed by atoms with van der Waals surface area (Å²) < 4.78 is 2.01. The molecule has 25 heavy (non-hydrogen) atoms. The molecule has 0 radical (unpaired) electrons. The van der Waals surface area contributed by atoms with Crippen molar-refractivity contribution < 1.29 is 9.59 Å². The number of hydrogen-bond donors (Lipinski definition) is 1. The minimum absolute atomic E-state index is 0.0524. The molecule has 4 rings (SSSR count). The van der Waals surface area contributed by atoms with Crippen molar-refractivity contribution in [3.8, 4) is 0 Å². The van der Waals surface area contributed by atoms with E-state index in [0.29, 0.717) is 12.2 Å². The van der Waals surface area contributed by atoms with E-state index in [1.807, 2.05) is 42.1 Å². The van der Waals surface area contributed by atoms with Crippen LogP contribution in [0.5, 0.6) is 0 Å². The van der Waals surface area contributed by atoms with Crippen LogP contribution in [0.3, 0.4) is 0 Å². The van der Waals surface area contributed by atoms with Gasteiger partial charge in [-0.3, -0.25) is 19.4 Å². The van der Waals surface area contributed by atoms with Gasteiger partial charge in [0.1, 0.15) is 12.4 Å². The van der Waals surface area contributed by atoms with Crippen molar-refractivity contribution >= 4 is 23.2 Å². The van der Waals surface area contributed by atoms with E-state index in [9.17, 15) is 9.59 Å². The fraction of sp³-hybridized carbons (Fsp3) is 0.389. The quantitative estimate of drug-likeness (QED) is 0.921. The van der Waals surface area contributed by atoms with E-state index in [0.717, 1.165) is 30.9 Å². The zero-order valence-electron chi connectivity index (χ0n) is 14.2. The average molecular weight is 339 g/mol. The molecule has 2 aromatic rings. The number of carbonyl (C=O) groups is 2. The van der Waals surface area contributed by atoms with Gasteiger partial charge in [0.15, 0.2) is 0 Å². The summed E-state index contributed by atoms with van der Waals surface area (Å²) in [6, 6.07) is 7.57. The predicted octanol–water partition coefficient (Wildman–Crippen LogP) is 1.54. The Hall–Kier alpha value is -2.67. The van der Waals surface area contributed by atoms with Gasteiger partial charge in [-0.1, -0.05) is 12.1 Å². The van der Waals surface area contributed by atoms with Gasteiger partial charge < -0.3 is 9.88 Å². The Morgan fingerprint density at radius 1 is 1.36 bits per heavy atom. The molecule has 2 amide bonds. The largest absolute Gasteiger partial charge is 0.337 e. The molecule has 1 N–H and O–H groups in total. The molecule has 1 fully saturated rings. The number of benzene rings is 1. The fourth-order valence-corrected chi connectivity index (χ4v) is 3.72. The minimum Gasteiger partial charge on any atom is -0.337 e. The van der Waals surface area contributed by atoms with Crippen LogP contribution in [0.15, 0.2) is 36.7 Å². The Bertz CT molecular complexity index is 815. The number of anilines is 2. The SMILES string of the molecule is Cn1ccnc1C1CCCN1CC(=O)N1CC(=O)Nc2ccccc21. The molecular weight excluding hydrogens is 318 g/mol. The van der Waals surface area contributed by atoms with Crippen LogP contribution < -0.4 is 10.2 Å². The molecule has 2 aliphatic rings. The Morgan fingerprint density at radius 2 is 2.20 bits per heavy atom. The van der Waals surface area contributed by atoms with Crippen molar-refractivity contribution in [2.24, 2.45) is 7.05 Å². The van der Waals surface area contributed by atoms with Gasteiger partial charge in [-0.25, -0.2) is 4.98 Å². The van der Waals surface area contributed by atoms with Crippen LogP contribution in [0.4, 0.5) is 11.4 Å². The monoisotopic (exact) mass is 339 g/mol. The lowest BCUT2D eigenvalue weighted by molar-refractivity contribution is -0.122. The van der Waals surface area contributed by atoms with Crippen LogP contribution in [0.2, 0.25) is 0 Å². The maximum atomic E-state index is 12.9. The molecule has 0 saturated carbocycles. The van der Waals surface area contributed by atoms with E-state index in [1.165, 1.54) is 0 Å². The first kappa shape index (κ1) is 15.8. The number of rotatable bonds is 3. The second kappa shape index (κ2) is 6.33. The molecule has 1 aromatic carbocycles. The van der Waals surface area contributed by atoms with E-state index in [-0.39, 0.29) is 24.4 Å². The van der Waals surface area contributed by atoms with Crippen molar-refractivity contribution in [3.63, 3.8) is 0 Å². The summed E-state index contributed by atoms with van der Waals surface area (Å²) >= 11 is 0. The second-order valence-corrected chi connectivity index (χ2v) is 6.57. The van der Waals surface area contributed by atoms with Crippen molar-refractivity contribution in [2.75, 3.05) is 29.9 Å². The third-order valence-corrected chi connectivity index (χ3v) is 4.93. The number of likely N-dealkylation sites (tertiary alicyclic amines) is 1. The number of amides is 2. The molecule has 7 nitrogen and oxygen atoms in total. The number of carbonyl (C=O) groups excluding carboxylic acids is 2. The lowest BCUT2D eigenvalue weighted by atomic mass is 10.2. The molecule has 1 aromatic heterocycles. The number of imidazole rings is 1. The Kier molecular flexibility index (Phi) is 4.01. The van der Waals surface area contributed by atoms with Gasteiger partial charge in [-0.15, -0.1) is 0 Å². The van der Waals surface area contributed by atoms with Crippen molar-refractivity contribution in [1.29, 1.82) is 0 Å². The van der Waals surface area contributed by atoms with Gasteiger partial charge in [0.25, 0.3) is 0 Å². The zero-order valence-corrected chi connectivity index (χ0v) is 14.2. The molecule has 1 atom stereocenters. The Balaban J connectivity index is 1.54. The molecule has 0 bridgehead atoms. The maximum absolute atomic E-state index is 12.9. The average Bonchev–Trinajstić information content (AvgIpc) is 3.22. The van der Waals surface area contributed by atoms with Gasteiger partial charge >= 0.3 is 0 Å². The predicted molar refractivity (Wildman–Crippen MR) is 94.2 cm³/mol. The van der Waals surface area contributed by atoms with Crippen LogP contribution in [0.1, 0.15) is 24.7 Å². The standard InChI is InChI=1S/C18H21N5O2/c1-21-10-8-19-18(21)15-7-4-9-22(15)12-17(25)23-11-16(24)20-13-5-2-3-6-14(13)23/h2-3,5-6,8,10,15H,4,7,9,11-12H2,1H3,(H,20,24). The summed E-state index contributed by atoms with van der Waals surface area (Å²) in [4.78, 5) is 33.1. The van der Waals surface area contributed by atoms with Crippen LogP contribution in [-0.2, 0) is 16.6 Å². The fourth-order valence-electron chi connectivity index (χ4n) is 3.72. The van der Waals surface area contributed by atoms with Gasteiger partial charge in [0.2, 0.25) is 11.8 Å². The van der Waals surface area contributed by atoms with Gasteiger partial charge in [-0.2, -0.15) is 0 Å². The molecule has 3 heterocycles. The topological polar surface area (TPSA) is 70.5 Å². The van der Waals surface area contributed by atoms with Gasteiger partial charge in [0.05, 0.1) is 24.0 Å². The highest BCUT2D eigenvalue weighted by Gasteiger charge is 2.33. The zero-order chi connectivity index (χ0) is 17.4. The van der Waals surface area contributed by atoms with Crippen molar-refractivity contribution in [2.45, 2.75) is 18.9 Å². The lowest BCUT2D eigenvalue weighted by Gasteiger charge is -2.31. The van der Waals surface area contributed by atoms with Gasteiger partial charge in [-0.05, 0) is 31.5 Å². The molecule has 1 saturated heterocycles. The van der Waals surface area contributed by atoms with E-state index in [4.69, 9.17) is 0 Å². The molecule has 130 valence electrons. The molecule has 1 unspecified atom stereocenters. The van der Waals surface area contributed by atoms with Crippen LogP contribution in [-0.4, -0.2) is 45.9 Å². The van der Waals surface area contributed by atoms with Crippen molar-refractivity contribution in [3.05, 3.63) is 42.5 Å². The number of aromatic nitrogens is 2. The first-order valence-corrected chi connectivity index (χ1v) is 8.54. The molecule has 0 aliphatic carbocycles. The second-order valence-electron chi connectivity index (χ2n) is 6.57. The number of hydrogen-bond acceptors (Lipinski definition) is 4. The third kappa shape index (κ3) is 2.91. The Labute approximate surface area is 146 Å². The highest BCUT2D eigenvalue weighted by molar-refractivity contribution is 6.10. The summed E-state index contributed by atoms with van der Waals surface area (Å²) in [6.07, 6.45) is 5.76. The number of fused-ring (bicyclic) bond motifs is 1. The normalized spacial score (nSPS) is 20.4. The van der Waals surface area contributed by atoms with Crippen LogP contribution in [0, 0.1) is 0 Å². The number of para-hydroxylation sites is 2. The summed E-state index contributed by atoms with van der Waals surface area (Å²) in [5, 5.41) is 2.82. The minimum atomic E-state index is -0.158. The molecule has 2 aliphatic heterocycles. The number of nitrogens with zero attached hydrogens (tertiary/aromatic N) is 4. The summed E-state index contributed by atoms with van der Waals surface area (Å²) in [6.45, 7) is 1.22. The summed E-state index contributed by atoms with van der Waals surface area (Å²) in [7, 11) is 1.98. The molecule has 0 spiro atoms. The lowest BCUT2D eigenvalue weighted by Crippen LogP contribution is -2.46. The van der Waals surface area contributed by atoms with E-state index in [2.05, 4.69) is 15.2 Å². The summed E-state index contributed by atoms with van der Waals surface area (Å²) in [5.74, 6) is 0.777. The van der Waals surface area contributed by atoms with Crippen LogP contribution in [0.25, 0.3) is 0 Å². The molecular formula is C18H21N5O2. The number of nitrogens with one attached hydrogen (secondary N) is 1. The first-order chi connectivity index (χ1) is 12.1. The summed E-state index contributed by atoms with van der Waals surface area (Å²) in [5.41, 5.74) is 1.45. The third-order valence-electron chi connectivity index (χ3n) is 4.93. The van der Waals surface area contributed by atoms with E-state index < -0.39 is 0 Å². The Morgan fingerprint density at radius 3 is 3.00 bits per heavy atom. The van der Waals surface area contributed by atoms with Crippen molar-refractivity contribution in [1.82, 2.24) is 14.5 Å². The molecule has 7 heteroatoms.